The topological polar surface area (TPSA) is 29.3 Å². The van der Waals surface area contributed by atoms with Crippen LogP contribution in [0.15, 0.2) is 18.2 Å². The summed E-state index contributed by atoms with van der Waals surface area (Å²) in [6.45, 7) is 6.65. The Bertz CT molecular complexity index is 436. The largest absolute Gasteiger partial charge is 0.329 e. The third-order valence-corrected chi connectivity index (χ3v) is 4.35. The number of hydrogen-bond donors (Lipinski definition) is 1. The SMILES string of the molecule is CC1CCN(C(CN)c2ccc(F)cc2F)CC1C. The highest BCUT2D eigenvalue weighted by Crippen LogP contribution is 2.30. The molecule has 2 N–H and O–H groups in total. The predicted molar refractivity (Wildman–Crippen MR) is 72.7 cm³/mol. The van der Waals surface area contributed by atoms with Crippen LogP contribution in [0.2, 0.25) is 0 Å². The summed E-state index contributed by atoms with van der Waals surface area (Å²) in [7, 11) is 0. The van der Waals surface area contributed by atoms with E-state index in [2.05, 4.69) is 18.7 Å². The first-order chi connectivity index (χ1) is 9.02. The second-order valence-corrected chi connectivity index (χ2v) is 5.66. The van der Waals surface area contributed by atoms with E-state index >= 15 is 0 Å². The van der Waals surface area contributed by atoms with Crippen molar-refractivity contribution in [2.45, 2.75) is 26.3 Å². The van der Waals surface area contributed by atoms with Crippen molar-refractivity contribution in [2.75, 3.05) is 19.6 Å². The van der Waals surface area contributed by atoms with Gasteiger partial charge in [0.05, 0.1) is 0 Å². The summed E-state index contributed by atoms with van der Waals surface area (Å²) in [4.78, 5) is 2.22. The van der Waals surface area contributed by atoms with Gasteiger partial charge >= 0.3 is 0 Å². The van der Waals surface area contributed by atoms with Crippen molar-refractivity contribution in [3.8, 4) is 0 Å². The molecule has 2 nitrogen and oxygen atoms in total. The van der Waals surface area contributed by atoms with Crippen molar-refractivity contribution in [1.29, 1.82) is 0 Å². The van der Waals surface area contributed by atoms with E-state index in [9.17, 15) is 8.78 Å². The number of nitrogens with zero attached hydrogens (tertiary/aromatic N) is 1. The maximum Gasteiger partial charge on any atom is 0.130 e. The van der Waals surface area contributed by atoms with E-state index in [1.54, 1.807) is 0 Å². The van der Waals surface area contributed by atoms with Crippen molar-refractivity contribution < 1.29 is 8.78 Å². The number of rotatable bonds is 3. The fourth-order valence-electron chi connectivity index (χ4n) is 2.82. The fourth-order valence-corrected chi connectivity index (χ4v) is 2.82. The first kappa shape index (κ1) is 14.4. The normalized spacial score (nSPS) is 26.4. The molecule has 2 rings (SSSR count). The minimum Gasteiger partial charge on any atom is -0.329 e. The zero-order chi connectivity index (χ0) is 14.0. The zero-order valence-electron chi connectivity index (χ0n) is 11.6. The van der Waals surface area contributed by atoms with Gasteiger partial charge in [-0.1, -0.05) is 19.9 Å². The first-order valence-corrected chi connectivity index (χ1v) is 6.92. The average Bonchev–Trinajstić information content (AvgIpc) is 2.37. The van der Waals surface area contributed by atoms with Crippen molar-refractivity contribution in [1.82, 2.24) is 4.90 Å². The van der Waals surface area contributed by atoms with E-state index in [1.165, 1.54) is 12.1 Å². The average molecular weight is 268 g/mol. The molecular formula is C15H22F2N2. The van der Waals surface area contributed by atoms with Crippen LogP contribution in [0, 0.1) is 23.5 Å². The number of benzene rings is 1. The van der Waals surface area contributed by atoms with Gasteiger partial charge in [0.15, 0.2) is 0 Å². The Morgan fingerprint density at radius 1 is 1.32 bits per heavy atom. The lowest BCUT2D eigenvalue weighted by atomic mass is 9.87. The van der Waals surface area contributed by atoms with Crippen LogP contribution in [0.25, 0.3) is 0 Å². The van der Waals surface area contributed by atoms with Gasteiger partial charge in [0.2, 0.25) is 0 Å². The molecule has 1 heterocycles. The third kappa shape index (κ3) is 3.12. The van der Waals surface area contributed by atoms with E-state index in [4.69, 9.17) is 5.73 Å². The molecule has 0 bridgehead atoms. The standard InChI is InChI=1S/C15H22F2N2/c1-10-5-6-19(9-11(10)2)15(8-18)13-4-3-12(16)7-14(13)17/h3-4,7,10-11,15H,5-6,8-9,18H2,1-2H3. The Morgan fingerprint density at radius 2 is 2.05 bits per heavy atom. The Labute approximate surface area is 113 Å². The molecule has 0 aromatic heterocycles. The zero-order valence-corrected chi connectivity index (χ0v) is 11.6. The van der Waals surface area contributed by atoms with Crippen molar-refractivity contribution in [2.24, 2.45) is 17.6 Å². The van der Waals surface area contributed by atoms with Gasteiger partial charge in [-0.3, -0.25) is 4.90 Å². The summed E-state index contributed by atoms with van der Waals surface area (Å²) >= 11 is 0. The van der Waals surface area contributed by atoms with Crippen LogP contribution in [0.4, 0.5) is 8.78 Å². The van der Waals surface area contributed by atoms with Crippen LogP contribution in [-0.2, 0) is 0 Å². The fraction of sp³-hybridized carbons (Fsp3) is 0.600. The minimum atomic E-state index is -0.544. The molecule has 1 aliphatic heterocycles. The smallest absolute Gasteiger partial charge is 0.130 e. The van der Waals surface area contributed by atoms with Crippen LogP contribution >= 0.6 is 0 Å². The monoisotopic (exact) mass is 268 g/mol. The first-order valence-electron chi connectivity index (χ1n) is 6.92. The van der Waals surface area contributed by atoms with Gasteiger partial charge in [-0.15, -0.1) is 0 Å². The van der Waals surface area contributed by atoms with Crippen LogP contribution in [0.3, 0.4) is 0 Å². The highest BCUT2D eigenvalue weighted by molar-refractivity contribution is 5.23. The molecule has 1 aromatic rings. The maximum atomic E-state index is 13.9. The molecule has 0 amide bonds. The van der Waals surface area contributed by atoms with Crippen molar-refractivity contribution >= 4 is 0 Å². The van der Waals surface area contributed by atoms with E-state index in [1.807, 2.05) is 0 Å². The van der Waals surface area contributed by atoms with Gasteiger partial charge in [-0.2, -0.15) is 0 Å². The Morgan fingerprint density at radius 3 is 2.63 bits per heavy atom. The maximum absolute atomic E-state index is 13.9. The molecule has 1 aromatic carbocycles. The highest BCUT2D eigenvalue weighted by atomic mass is 19.1. The molecule has 0 aliphatic carbocycles. The summed E-state index contributed by atoms with van der Waals surface area (Å²) in [6, 6.07) is 3.60. The van der Waals surface area contributed by atoms with Gasteiger partial charge in [-0.25, -0.2) is 8.78 Å². The molecule has 0 spiro atoms. The molecule has 19 heavy (non-hydrogen) atoms. The van der Waals surface area contributed by atoms with E-state index in [0.717, 1.165) is 25.6 Å². The van der Waals surface area contributed by atoms with Crippen molar-refractivity contribution in [3.63, 3.8) is 0 Å². The molecule has 0 radical (unpaired) electrons. The number of piperidine rings is 1. The minimum absolute atomic E-state index is 0.157. The Kier molecular flexibility index (Phi) is 4.53. The lowest BCUT2D eigenvalue weighted by molar-refractivity contribution is 0.0966. The van der Waals surface area contributed by atoms with E-state index in [-0.39, 0.29) is 6.04 Å². The highest BCUT2D eigenvalue weighted by Gasteiger charge is 2.29. The summed E-state index contributed by atoms with van der Waals surface area (Å²) in [5.41, 5.74) is 6.33. The van der Waals surface area contributed by atoms with Crippen LogP contribution in [0.5, 0.6) is 0 Å². The van der Waals surface area contributed by atoms with Crippen LogP contribution in [0.1, 0.15) is 31.9 Å². The summed E-state index contributed by atoms with van der Waals surface area (Å²) < 4.78 is 26.9. The third-order valence-electron chi connectivity index (χ3n) is 4.35. The number of nitrogens with two attached hydrogens (primary N) is 1. The number of halogens is 2. The second kappa shape index (κ2) is 5.97. The van der Waals surface area contributed by atoms with Crippen LogP contribution < -0.4 is 5.73 Å². The number of hydrogen-bond acceptors (Lipinski definition) is 2. The van der Waals surface area contributed by atoms with Gasteiger partial charge in [0.25, 0.3) is 0 Å². The lowest BCUT2D eigenvalue weighted by Gasteiger charge is -2.40. The van der Waals surface area contributed by atoms with Gasteiger partial charge < -0.3 is 5.73 Å². The van der Waals surface area contributed by atoms with Crippen LogP contribution in [-0.4, -0.2) is 24.5 Å². The van der Waals surface area contributed by atoms with Gasteiger partial charge in [0, 0.05) is 30.8 Å². The summed E-state index contributed by atoms with van der Waals surface area (Å²) in [5, 5.41) is 0. The Balaban J connectivity index is 2.20. The summed E-state index contributed by atoms with van der Waals surface area (Å²) in [6.07, 6.45) is 1.10. The molecule has 3 atom stereocenters. The van der Waals surface area contributed by atoms with E-state index < -0.39 is 11.6 Å². The quantitative estimate of drug-likeness (QED) is 0.913. The summed E-state index contributed by atoms with van der Waals surface area (Å²) in [5.74, 6) is 0.221. The van der Waals surface area contributed by atoms with Gasteiger partial charge in [-0.05, 0) is 30.9 Å². The molecule has 1 fully saturated rings. The molecule has 1 aliphatic rings. The lowest BCUT2D eigenvalue weighted by Crippen LogP contribution is -2.43. The second-order valence-electron chi connectivity index (χ2n) is 5.66. The molecular weight excluding hydrogens is 246 g/mol. The molecule has 3 unspecified atom stereocenters. The predicted octanol–water partition coefficient (Wildman–Crippen LogP) is 2.94. The molecule has 1 saturated heterocycles. The molecule has 0 saturated carbocycles. The number of likely N-dealkylation sites (tertiary alicyclic amines) is 1. The Hall–Kier alpha value is -1.00. The van der Waals surface area contributed by atoms with Gasteiger partial charge in [0.1, 0.15) is 11.6 Å². The molecule has 106 valence electrons. The van der Waals surface area contributed by atoms with E-state index in [0.29, 0.717) is 23.9 Å². The van der Waals surface area contributed by atoms with Crippen molar-refractivity contribution in [3.05, 3.63) is 35.4 Å². The molecule has 4 heteroatoms.